The van der Waals surface area contributed by atoms with Crippen molar-refractivity contribution in [2.45, 2.75) is 6.92 Å². The van der Waals surface area contributed by atoms with Gasteiger partial charge in [-0.1, -0.05) is 12.1 Å². The van der Waals surface area contributed by atoms with Crippen molar-refractivity contribution in [3.8, 4) is 5.75 Å². The van der Waals surface area contributed by atoms with Gasteiger partial charge in [-0.2, -0.15) is 0 Å². The molecule has 0 aliphatic heterocycles. The molecule has 18 heavy (non-hydrogen) atoms. The molecule has 0 saturated carbocycles. The Hall–Kier alpha value is -2.10. The zero-order valence-corrected chi connectivity index (χ0v) is 10.3. The number of hydrogen-bond acceptors (Lipinski definition) is 2. The molecule has 0 spiro atoms. The molecule has 0 radical (unpaired) electrons. The van der Waals surface area contributed by atoms with Gasteiger partial charge in [0.15, 0.2) is 18.2 Å². The summed E-state index contributed by atoms with van der Waals surface area (Å²) in [5, 5.41) is 0. The molecule has 4 heteroatoms. The Morgan fingerprint density at radius 1 is 1.39 bits per heavy atom. The Balaban J connectivity index is 2.04. The summed E-state index contributed by atoms with van der Waals surface area (Å²) in [6, 6.07) is 6.57. The maximum absolute atomic E-state index is 13.6. The van der Waals surface area contributed by atoms with Gasteiger partial charge in [0.2, 0.25) is 5.78 Å². The van der Waals surface area contributed by atoms with Crippen LogP contribution in [0.15, 0.2) is 36.7 Å². The van der Waals surface area contributed by atoms with Gasteiger partial charge in [0.1, 0.15) is 0 Å². The topological polar surface area (TPSA) is 31.2 Å². The lowest BCUT2D eigenvalue weighted by molar-refractivity contribution is 0.0918. The van der Waals surface area contributed by atoms with Crippen LogP contribution in [-0.4, -0.2) is 17.0 Å². The van der Waals surface area contributed by atoms with E-state index in [0.29, 0.717) is 11.1 Å². The summed E-state index contributed by atoms with van der Waals surface area (Å²) in [6.07, 6.45) is 3.48. The first-order valence-corrected chi connectivity index (χ1v) is 5.61. The van der Waals surface area contributed by atoms with E-state index in [-0.39, 0.29) is 18.1 Å². The SMILES string of the molecule is Cc1cccc(OCC(=O)c2ccn(C)c2)c1F. The fraction of sp³-hybridized carbons (Fsp3) is 0.214. The van der Waals surface area contributed by atoms with Crippen LogP contribution in [-0.2, 0) is 7.05 Å². The lowest BCUT2D eigenvalue weighted by atomic mass is 10.2. The fourth-order valence-corrected chi connectivity index (χ4v) is 1.63. The van der Waals surface area contributed by atoms with Crippen molar-refractivity contribution in [3.63, 3.8) is 0 Å². The van der Waals surface area contributed by atoms with E-state index in [1.807, 2.05) is 7.05 Å². The number of benzene rings is 1. The van der Waals surface area contributed by atoms with Gasteiger partial charge in [0.05, 0.1) is 0 Å². The van der Waals surface area contributed by atoms with Crippen molar-refractivity contribution in [2.24, 2.45) is 7.05 Å². The number of Topliss-reactive ketones (excluding diaryl/α,β-unsaturated/α-hetero) is 1. The fourth-order valence-electron chi connectivity index (χ4n) is 1.63. The minimum absolute atomic E-state index is 0.110. The summed E-state index contributed by atoms with van der Waals surface area (Å²) in [4.78, 5) is 11.8. The highest BCUT2D eigenvalue weighted by Gasteiger charge is 2.11. The molecule has 2 rings (SSSR count). The van der Waals surface area contributed by atoms with Crippen LogP contribution in [0.4, 0.5) is 4.39 Å². The standard InChI is InChI=1S/C14H14FNO2/c1-10-4-3-5-13(14(10)15)18-9-12(17)11-6-7-16(2)8-11/h3-8H,9H2,1-2H3. The smallest absolute Gasteiger partial charge is 0.201 e. The predicted octanol–water partition coefficient (Wildman–Crippen LogP) is 2.73. The van der Waals surface area contributed by atoms with E-state index in [1.54, 1.807) is 42.1 Å². The van der Waals surface area contributed by atoms with Gasteiger partial charge in [-0.15, -0.1) is 0 Å². The summed E-state index contributed by atoms with van der Waals surface area (Å²) in [5.41, 5.74) is 1.06. The average molecular weight is 247 g/mol. The van der Waals surface area contributed by atoms with Gasteiger partial charge in [-0.05, 0) is 24.6 Å². The predicted molar refractivity (Wildman–Crippen MR) is 66.4 cm³/mol. The first-order valence-electron chi connectivity index (χ1n) is 5.61. The van der Waals surface area contributed by atoms with Gasteiger partial charge >= 0.3 is 0 Å². The molecule has 1 heterocycles. The van der Waals surface area contributed by atoms with E-state index in [9.17, 15) is 9.18 Å². The molecule has 1 aromatic heterocycles. The molecule has 0 aliphatic carbocycles. The second-order valence-corrected chi connectivity index (χ2v) is 4.16. The number of rotatable bonds is 4. The van der Waals surface area contributed by atoms with Crippen LogP contribution in [0.3, 0.4) is 0 Å². The van der Waals surface area contributed by atoms with Gasteiger partial charge in [0.25, 0.3) is 0 Å². The van der Waals surface area contributed by atoms with Gasteiger partial charge in [-0.3, -0.25) is 4.79 Å². The monoisotopic (exact) mass is 247 g/mol. The summed E-state index contributed by atoms with van der Waals surface area (Å²) < 4.78 is 20.6. The first kappa shape index (κ1) is 12.4. The molecular weight excluding hydrogens is 233 g/mol. The minimum atomic E-state index is -0.418. The molecule has 2 aromatic rings. The van der Waals surface area contributed by atoms with Crippen LogP contribution < -0.4 is 4.74 Å². The maximum Gasteiger partial charge on any atom is 0.201 e. The van der Waals surface area contributed by atoms with E-state index in [0.717, 1.165) is 0 Å². The van der Waals surface area contributed by atoms with Crippen LogP contribution in [0.1, 0.15) is 15.9 Å². The van der Waals surface area contributed by atoms with Gasteiger partial charge in [0, 0.05) is 25.0 Å². The van der Waals surface area contributed by atoms with Crippen LogP contribution in [0.2, 0.25) is 0 Å². The summed E-state index contributed by atoms with van der Waals surface area (Å²) in [7, 11) is 1.83. The molecule has 0 N–H and O–H groups in total. The normalized spacial score (nSPS) is 10.4. The first-order chi connectivity index (χ1) is 8.58. The number of carbonyl (C=O) groups is 1. The van der Waals surface area contributed by atoms with Crippen molar-refractivity contribution in [2.75, 3.05) is 6.61 Å². The highest BCUT2D eigenvalue weighted by Crippen LogP contribution is 2.19. The number of ketones is 1. The van der Waals surface area contributed by atoms with E-state index in [2.05, 4.69) is 0 Å². The minimum Gasteiger partial charge on any atom is -0.482 e. The Bertz CT molecular complexity index is 575. The molecular formula is C14H14FNO2. The summed E-state index contributed by atoms with van der Waals surface area (Å²) in [6.45, 7) is 1.49. The van der Waals surface area contributed by atoms with E-state index in [4.69, 9.17) is 4.74 Å². The van der Waals surface area contributed by atoms with Crippen molar-refractivity contribution in [3.05, 3.63) is 53.6 Å². The molecule has 1 aromatic carbocycles. The lowest BCUT2D eigenvalue weighted by Gasteiger charge is -2.07. The average Bonchev–Trinajstić information content (AvgIpc) is 2.77. The number of nitrogens with zero attached hydrogens (tertiary/aromatic N) is 1. The van der Waals surface area contributed by atoms with Crippen LogP contribution in [0.5, 0.6) is 5.75 Å². The molecule has 94 valence electrons. The van der Waals surface area contributed by atoms with Crippen LogP contribution >= 0.6 is 0 Å². The third-order valence-corrected chi connectivity index (χ3v) is 2.67. The molecule has 0 amide bonds. The Morgan fingerprint density at radius 3 is 2.83 bits per heavy atom. The van der Waals surface area contributed by atoms with Gasteiger partial charge < -0.3 is 9.30 Å². The molecule has 3 nitrogen and oxygen atoms in total. The molecule has 0 aliphatic rings. The van der Waals surface area contributed by atoms with Crippen molar-refractivity contribution >= 4 is 5.78 Å². The van der Waals surface area contributed by atoms with Crippen LogP contribution in [0, 0.1) is 12.7 Å². The molecule has 0 saturated heterocycles. The maximum atomic E-state index is 13.6. The number of aromatic nitrogens is 1. The third-order valence-electron chi connectivity index (χ3n) is 2.67. The summed E-state index contributed by atoms with van der Waals surface area (Å²) >= 11 is 0. The number of hydrogen-bond donors (Lipinski definition) is 0. The van der Waals surface area contributed by atoms with Crippen LogP contribution in [0.25, 0.3) is 0 Å². The quantitative estimate of drug-likeness (QED) is 0.778. The lowest BCUT2D eigenvalue weighted by Crippen LogP contribution is -2.11. The number of aryl methyl sites for hydroxylation is 2. The number of ether oxygens (including phenoxy) is 1. The van der Waals surface area contributed by atoms with Gasteiger partial charge in [-0.25, -0.2) is 4.39 Å². The van der Waals surface area contributed by atoms with Crippen molar-refractivity contribution < 1.29 is 13.9 Å². The Morgan fingerprint density at radius 2 is 2.17 bits per heavy atom. The number of carbonyl (C=O) groups excluding carboxylic acids is 1. The molecule has 0 unspecified atom stereocenters. The summed E-state index contributed by atoms with van der Waals surface area (Å²) in [5.74, 6) is -0.478. The number of halogens is 1. The van der Waals surface area contributed by atoms with Crippen molar-refractivity contribution in [1.82, 2.24) is 4.57 Å². The second-order valence-electron chi connectivity index (χ2n) is 4.16. The van der Waals surface area contributed by atoms with E-state index < -0.39 is 5.82 Å². The zero-order chi connectivity index (χ0) is 13.1. The largest absolute Gasteiger partial charge is 0.482 e. The highest BCUT2D eigenvalue weighted by atomic mass is 19.1. The molecule has 0 bridgehead atoms. The second kappa shape index (κ2) is 5.04. The third kappa shape index (κ3) is 2.59. The molecule has 0 fully saturated rings. The highest BCUT2D eigenvalue weighted by molar-refractivity contribution is 5.97. The van der Waals surface area contributed by atoms with E-state index in [1.165, 1.54) is 6.07 Å². The Labute approximate surface area is 105 Å². The molecule has 0 atom stereocenters. The Kier molecular flexibility index (Phi) is 3.46. The zero-order valence-electron chi connectivity index (χ0n) is 10.3. The van der Waals surface area contributed by atoms with Crippen molar-refractivity contribution in [1.29, 1.82) is 0 Å². The van der Waals surface area contributed by atoms with E-state index >= 15 is 0 Å².